The first-order valence-corrected chi connectivity index (χ1v) is 22.5. The van der Waals surface area contributed by atoms with E-state index in [1.165, 1.54) is 23.2 Å². The van der Waals surface area contributed by atoms with E-state index < -0.39 is 85.9 Å². The molecule has 15 nitrogen and oxygen atoms in total. The summed E-state index contributed by atoms with van der Waals surface area (Å²) in [6, 6.07) is 0.451. The molecular formula is C40H53F3N6O9S2. The topological polar surface area (TPSA) is 195 Å². The highest BCUT2D eigenvalue weighted by Gasteiger charge is 2.63. The lowest BCUT2D eigenvalue weighted by Gasteiger charge is -2.34. The molecule has 2 aromatic rings. The average molecular weight is 883 g/mol. The van der Waals surface area contributed by atoms with Crippen molar-refractivity contribution >= 4 is 45.2 Å². The molecule has 4 aliphatic rings. The Morgan fingerprint density at radius 2 is 1.83 bits per heavy atom. The van der Waals surface area contributed by atoms with Gasteiger partial charge in [-0.1, -0.05) is 26.0 Å². The van der Waals surface area contributed by atoms with Gasteiger partial charge in [0.25, 0.3) is 5.91 Å². The number of hydrogen-bond acceptors (Lipinski definition) is 12. The minimum absolute atomic E-state index is 0.0434. The first-order chi connectivity index (χ1) is 27.9. The number of nitrogens with one attached hydrogen (secondary N) is 3. The normalized spacial score (nSPS) is 28.9. The third-order valence-electron chi connectivity index (χ3n) is 11.7. The summed E-state index contributed by atoms with van der Waals surface area (Å²) in [7, 11) is -4.09. The number of rotatable bonds is 10. The molecule has 1 saturated heterocycles. The van der Waals surface area contributed by atoms with Crippen LogP contribution in [0.3, 0.4) is 0 Å². The predicted molar refractivity (Wildman–Crippen MR) is 214 cm³/mol. The quantitative estimate of drug-likeness (QED) is 0.249. The molecule has 2 aromatic heterocycles. The number of alkyl halides is 3. The summed E-state index contributed by atoms with van der Waals surface area (Å²) in [5, 5.41) is 5.19. The Hall–Kier alpha value is -4.46. The third kappa shape index (κ3) is 9.84. The van der Waals surface area contributed by atoms with Crippen molar-refractivity contribution in [3.63, 3.8) is 0 Å². The first kappa shape index (κ1) is 45.1. The Balaban J connectivity index is 1.35. The Bertz CT molecular complexity index is 2090. The number of hydrogen-bond donors (Lipinski definition) is 3. The van der Waals surface area contributed by atoms with Crippen molar-refractivity contribution in [2.24, 2.45) is 17.8 Å². The number of amides is 4. The smallest absolute Gasteiger partial charge is 0.427 e. The Morgan fingerprint density at radius 1 is 1.12 bits per heavy atom. The minimum atomic E-state index is -4.92. The van der Waals surface area contributed by atoms with Crippen molar-refractivity contribution in [3.05, 3.63) is 36.0 Å². The second-order valence-electron chi connectivity index (χ2n) is 17.5. The van der Waals surface area contributed by atoms with E-state index in [0.717, 1.165) is 4.88 Å². The van der Waals surface area contributed by atoms with E-state index in [2.05, 4.69) is 25.3 Å². The molecule has 20 heteroatoms. The summed E-state index contributed by atoms with van der Waals surface area (Å²) in [6.07, 6.45) is 0.0101. The van der Waals surface area contributed by atoms with Gasteiger partial charge in [-0.15, -0.1) is 11.3 Å². The average Bonchev–Trinajstić information content (AvgIpc) is 3.88. The number of aromatic nitrogens is 2. The van der Waals surface area contributed by atoms with Crippen LogP contribution in [0.4, 0.5) is 18.0 Å². The van der Waals surface area contributed by atoms with Crippen LogP contribution < -0.4 is 24.8 Å². The van der Waals surface area contributed by atoms with Crippen LogP contribution >= 0.6 is 11.3 Å². The molecule has 3 fully saturated rings. The molecule has 0 radical (unpaired) electrons. The SMILES string of the molecule is CC(C)Oc1cc(O[C@@H]2C[C@H]3C(=O)N[C@]4(C(=O)NS(=O)(=O)C5(C)CC5)C[C@H]4/C=C\CC[C@@H](C)C[C@@H](C)[C@H](NC(=O)OC(C)(C)C(F)(F)F)C(=O)N3C2)cc(-c2cncs2)n1. The minimum Gasteiger partial charge on any atom is -0.488 e. The van der Waals surface area contributed by atoms with Gasteiger partial charge in [-0.2, -0.15) is 13.2 Å². The fourth-order valence-electron chi connectivity index (χ4n) is 7.56. The molecular weight excluding hydrogens is 830 g/mol. The zero-order chi connectivity index (χ0) is 44.0. The summed E-state index contributed by atoms with van der Waals surface area (Å²) in [4.78, 5) is 67.1. The van der Waals surface area contributed by atoms with Gasteiger partial charge >= 0.3 is 12.3 Å². The monoisotopic (exact) mass is 882 g/mol. The highest BCUT2D eigenvalue weighted by Crippen LogP contribution is 2.48. The lowest BCUT2D eigenvalue weighted by atomic mass is 9.88. The number of carbonyl (C=O) groups is 4. The maximum absolute atomic E-state index is 14.8. The van der Waals surface area contributed by atoms with Gasteiger partial charge in [0.05, 0.1) is 33.5 Å². The number of carbonyl (C=O) groups excluding carboxylic acids is 4. The van der Waals surface area contributed by atoms with E-state index in [-0.39, 0.29) is 37.3 Å². The van der Waals surface area contributed by atoms with Crippen molar-refractivity contribution in [2.45, 2.75) is 140 Å². The van der Waals surface area contributed by atoms with E-state index in [9.17, 15) is 40.8 Å². The molecule has 0 bridgehead atoms. The van der Waals surface area contributed by atoms with Crippen molar-refractivity contribution in [2.75, 3.05) is 6.54 Å². The first-order valence-electron chi connectivity index (χ1n) is 20.1. The number of nitrogens with zero attached hydrogens (tertiary/aromatic N) is 3. The van der Waals surface area contributed by atoms with Gasteiger partial charge in [0.2, 0.25) is 33.3 Å². The third-order valence-corrected chi connectivity index (χ3v) is 14.6. The highest BCUT2D eigenvalue weighted by molar-refractivity contribution is 7.91. The van der Waals surface area contributed by atoms with E-state index in [0.29, 0.717) is 57.4 Å². The number of ether oxygens (including phenoxy) is 3. The van der Waals surface area contributed by atoms with Crippen LogP contribution in [0.2, 0.25) is 0 Å². The Morgan fingerprint density at radius 3 is 2.47 bits per heavy atom. The molecule has 0 aromatic carbocycles. The van der Waals surface area contributed by atoms with Crippen molar-refractivity contribution < 1.29 is 55.0 Å². The molecule has 2 aliphatic heterocycles. The molecule has 6 rings (SSSR count). The van der Waals surface area contributed by atoms with Gasteiger partial charge in [0.1, 0.15) is 29.5 Å². The fourth-order valence-corrected chi connectivity index (χ4v) is 9.45. The van der Waals surface area contributed by atoms with Gasteiger partial charge < -0.3 is 29.7 Å². The van der Waals surface area contributed by atoms with Gasteiger partial charge in [-0.05, 0) is 85.0 Å². The van der Waals surface area contributed by atoms with Crippen LogP contribution in [0.15, 0.2) is 36.0 Å². The molecule has 4 amide bonds. The summed E-state index contributed by atoms with van der Waals surface area (Å²) in [5.41, 5.74) is -2.41. The van der Waals surface area contributed by atoms with E-state index in [4.69, 9.17) is 14.2 Å². The summed E-state index contributed by atoms with van der Waals surface area (Å²) in [6.45, 7) is 9.99. The molecule has 60 heavy (non-hydrogen) atoms. The molecule has 2 aliphatic carbocycles. The largest absolute Gasteiger partial charge is 0.488 e. The molecule has 2 saturated carbocycles. The molecule has 3 N–H and O–H groups in total. The van der Waals surface area contributed by atoms with Crippen LogP contribution in [0, 0.1) is 17.8 Å². The number of alkyl carbamates (subject to hydrolysis) is 1. The fraction of sp³-hybridized carbons (Fsp3) is 0.650. The zero-order valence-electron chi connectivity index (χ0n) is 34.6. The van der Waals surface area contributed by atoms with Crippen LogP contribution in [-0.2, 0) is 29.1 Å². The second kappa shape index (κ2) is 16.8. The molecule has 4 heterocycles. The molecule has 330 valence electrons. The predicted octanol–water partition coefficient (Wildman–Crippen LogP) is 5.66. The van der Waals surface area contributed by atoms with Gasteiger partial charge in [0.15, 0.2) is 0 Å². The second-order valence-corrected chi connectivity index (χ2v) is 20.6. The van der Waals surface area contributed by atoms with Crippen LogP contribution in [-0.4, -0.2) is 100 Å². The molecule has 0 unspecified atom stereocenters. The highest BCUT2D eigenvalue weighted by atomic mass is 32.2. The number of fused-ring (bicyclic) bond motifs is 2. The standard InChI is InChI=1S/C40H53F3N6O9S2/c1-22(2)56-31-17-26(15-28(45-31)30-19-44-21-59-30)57-27-16-29-33(50)47-39(35(52)48-60(54,55)38(7)12-13-38)18-25(39)11-9-8-10-23(3)14-24(4)32(34(51)49(29)20-27)46-36(53)58-37(5,6)40(41,42)43/h9,11,15,17,19,21-25,27,29,32H,8,10,12-14,16,18,20H2,1-7H3,(H,46,53)(H,47,50)(H,48,52)/b11-9-/t23-,24-,25-,27-,29+,32+,39-/m1/s1. The number of thiazole rings is 1. The lowest BCUT2D eigenvalue weighted by molar-refractivity contribution is -0.244. The summed E-state index contributed by atoms with van der Waals surface area (Å²) >= 11 is 1.34. The zero-order valence-corrected chi connectivity index (χ0v) is 36.3. The van der Waals surface area contributed by atoms with Crippen molar-refractivity contribution in [3.8, 4) is 22.2 Å². The van der Waals surface area contributed by atoms with E-state index in [1.54, 1.807) is 36.8 Å². The van der Waals surface area contributed by atoms with E-state index >= 15 is 0 Å². The molecule has 0 spiro atoms. The summed E-state index contributed by atoms with van der Waals surface area (Å²) in [5.74, 6) is -3.17. The van der Waals surface area contributed by atoms with Crippen molar-refractivity contribution in [1.82, 2.24) is 30.2 Å². The number of sulfonamides is 1. The lowest BCUT2D eigenvalue weighted by Crippen LogP contribution is -2.59. The van der Waals surface area contributed by atoms with Gasteiger partial charge in [-0.3, -0.25) is 24.1 Å². The maximum atomic E-state index is 14.8. The van der Waals surface area contributed by atoms with Crippen molar-refractivity contribution in [1.29, 1.82) is 0 Å². The van der Waals surface area contributed by atoms with Gasteiger partial charge in [0, 0.05) is 30.7 Å². The Kier molecular flexibility index (Phi) is 12.6. The molecule has 7 atom stereocenters. The Labute approximate surface area is 351 Å². The van der Waals surface area contributed by atoms with Gasteiger partial charge in [-0.25, -0.2) is 18.2 Å². The maximum Gasteiger partial charge on any atom is 0.427 e. The van der Waals surface area contributed by atoms with E-state index in [1.807, 2.05) is 26.8 Å². The van der Waals surface area contributed by atoms with Crippen LogP contribution in [0.1, 0.15) is 93.4 Å². The van der Waals surface area contributed by atoms with Crippen LogP contribution in [0.25, 0.3) is 10.6 Å². The number of halogens is 3. The number of allylic oxidation sites excluding steroid dienone is 1. The number of pyridine rings is 1. The van der Waals surface area contributed by atoms with Crippen LogP contribution in [0.5, 0.6) is 11.6 Å². The summed E-state index contributed by atoms with van der Waals surface area (Å²) < 4.78 is 86.0.